The minimum absolute atomic E-state index is 0.234. The molecule has 0 saturated heterocycles. The van der Waals surface area contributed by atoms with Gasteiger partial charge in [0, 0.05) is 5.56 Å². The van der Waals surface area contributed by atoms with Gasteiger partial charge in [-0.2, -0.15) is 0 Å². The van der Waals surface area contributed by atoms with Gasteiger partial charge in [0.15, 0.2) is 0 Å². The van der Waals surface area contributed by atoms with E-state index in [4.69, 9.17) is 39.4 Å². The summed E-state index contributed by atoms with van der Waals surface area (Å²) in [4.78, 5) is 11.0. The van der Waals surface area contributed by atoms with Crippen molar-refractivity contribution < 1.29 is 14.6 Å². The van der Waals surface area contributed by atoms with Crippen LogP contribution in [0.1, 0.15) is 21.5 Å². The molecule has 2 rings (SSSR count). The fourth-order valence-corrected chi connectivity index (χ4v) is 2.04. The summed E-state index contributed by atoms with van der Waals surface area (Å²) in [5, 5.41) is 9.24. The van der Waals surface area contributed by atoms with Crippen LogP contribution in [-0.2, 0) is 6.61 Å². The van der Waals surface area contributed by atoms with Crippen molar-refractivity contribution in [1.82, 2.24) is 0 Å². The standard InChI is InChI=1S/C15H12ClNO3S/c16-12-7-11(14(17)21)5-6-13(12)20-8-9-1-3-10(4-2-9)15(18)19/h1-7H,8H2,(H2,17,21)(H,18,19). The molecule has 0 aromatic heterocycles. The number of carboxylic acids is 1. The Hall–Kier alpha value is -2.11. The highest BCUT2D eigenvalue weighted by molar-refractivity contribution is 7.80. The number of carbonyl (C=O) groups is 1. The number of aromatic carboxylic acids is 1. The molecule has 0 saturated carbocycles. The SMILES string of the molecule is NC(=S)c1ccc(OCc2ccc(C(=O)O)cc2)c(Cl)c1. The number of benzene rings is 2. The van der Waals surface area contributed by atoms with Crippen LogP contribution in [0, 0.1) is 0 Å². The van der Waals surface area contributed by atoms with Crippen LogP contribution in [0.2, 0.25) is 5.02 Å². The van der Waals surface area contributed by atoms with Gasteiger partial charge in [-0.05, 0) is 35.9 Å². The Morgan fingerprint density at radius 2 is 1.81 bits per heavy atom. The van der Waals surface area contributed by atoms with Crippen molar-refractivity contribution in [1.29, 1.82) is 0 Å². The molecule has 2 aromatic rings. The van der Waals surface area contributed by atoms with Crippen LogP contribution in [0.3, 0.4) is 0 Å². The summed E-state index contributed by atoms with van der Waals surface area (Å²) in [5.41, 5.74) is 7.27. The number of thiocarbonyl (C=S) groups is 1. The number of rotatable bonds is 5. The number of hydrogen-bond acceptors (Lipinski definition) is 3. The number of hydrogen-bond donors (Lipinski definition) is 2. The largest absolute Gasteiger partial charge is 0.487 e. The molecule has 0 spiro atoms. The van der Waals surface area contributed by atoms with Crippen molar-refractivity contribution in [2.45, 2.75) is 6.61 Å². The first-order valence-electron chi connectivity index (χ1n) is 6.02. The van der Waals surface area contributed by atoms with Gasteiger partial charge in [-0.25, -0.2) is 4.79 Å². The fourth-order valence-electron chi connectivity index (χ4n) is 1.68. The van der Waals surface area contributed by atoms with Gasteiger partial charge >= 0.3 is 5.97 Å². The van der Waals surface area contributed by atoms with Crippen LogP contribution in [0.15, 0.2) is 42.5 Å². The maximum Gasteiger partial charge on any atom is 0.335 e. The molecule has 0 radical (unpaired) electrons. The quantitative estimate of drug-likeness (QED) is 0.827. The van der Waals surface area contributed by atoms with Crippen LogP contribution < -0.4 is 10.5 Å². The van der Waals surface area contributed by atoms with E-state index in [1.807, 2.05) is 0 Å². The minimum atomic E-state index is -0.959. The first-order chi connectivity index (χ1) is 9.97. The fraction of sp³-hybridized carbons (Fsp3) is 0.0667. The maximum atomic E-state index is 10.8. The summed E-state index contributed by atoms with van der Waals surface area (Å²) in [6.07, 6.45) is 0. The normalized spacial score (nSPS) is 10.1. The van der Waals surface area contributed by atoms with Gasteiger partial charge in [-0.15, -0.1) is 0 Å². The zero-order valence-corrected chi connectivity index (χ0v) is 12.4. The summed E-state index contributed by atoms with van der Waals surface area (Å²) in [6.45, 7) is 0.284. The van der Waals surface area contributed by atoms with Crippen molar-refractivity contribution in [2.24, 2.45) is 5.73 Å². The van der Waals surface area contributed by atoms with Crippen molar-refractivity contribution in [2.75, 3.05) is 0 Å². The third kappa shape index (κ3) is 3.93. The molecule has 2 aromatic carbocycles. The molecule has 21 heavy (non-hydrogen) atoms. The van der Waals surface area contributed by atoms with Crippen LogP contribution >= 0.6 is 23.8 Å². The minimum Gasteiger partial charge on any atom is -0.487 e. The molecule has 0 fully saturated rings. The molecule has 4 nitrogen and oxygen atoms in total. The Morgan fingerprint density at radius 3 is 2.33 bits per heavy atom. The molecule has 6 heteroatoms. The first kappa shape index (κ1) is 15.3. The highest BCUT2D eigenvalue weighted by Gasteiger charge is 2.06. The molecule has 0 atom stereocenters. The Bertz CT molecular complexity index is 686. The highest BCUT2D eigenvalue weighted by Crippen LogP contribution is 2.26. The van der Waals surface area contributed by atoms with Gasteiger partial charge < -0.3 is 15.6 Å². The van der Waals surface area contributed by atoms with Crippen molar-refractivity contribution in [3.8, 4) is 5.75 Å². The van der Waals surface area contributed by atoms with Crippen molar-refractivity contribution >= 4 is 34.8 Å². The monoisotopic (exact) mass is 321 g/mol. The van der Waals surface area contributed by atoms with Crippen LogP contribution in [0.25, 0.3) is 0 Å². The molecule has 3 N–H and O–H groups in total. The Kier molecular flexibility index (Phi) is 4.77. The molecule has 0 amide bonds. The molecule has 0 heterocycles. The number of halogens is 1. The second kappa shape index (κ2) is 6.56. The molecule has 0 bridgehead atoms. The van der Waals surface area contributed by atoms with E-state index in [-0.39, 0.29) is 17.2 Å². The molecule has 0 aliphatic carbocycles. The molecule has 0 unspecified atom stereocenters. The predicted molar refractivity (Wildman–Crippen MR) is 85.1 cm³/mol. The number of nitrogens with two attached hydrogens (primary N) is 1. The van der Waals surface area contributed by atoms with Crippen molar-refractivity contribution in [3.05, 3.63) is 64.2 Å². The topological polar surface area (TPSA) is 72.5 Å². The van der Waals surface area contributed by atoms with E-state index in [1.165, 1.54) is 12.1 Å². The lowest BCUT2D eigenvalue weighted by molar-refractivity contribution is 0.0697. The number of carboxylic acid groups (broad SMARTS) is 1. The lowest BCUT2D eigenvalue weighted by Gasteiger charge is -2.09. The Morgan fingerprint density at radius 1 is 1.19 bits per heavy atom. The van der Waals surface area contributed by atoms with Gasteiger partial charge in [0.25, 0.3) is 0 Å². The van der Waals surface area contributed by atoms with Gasteiger partial charge in [-0.1, -0.05) is 36.0 Å². The third-order valence-electron chi connectivity index (χ3n) is 2.81. The van der Waals surface area contributed by atoms with E-state index in [1.54, 1.807) is 30.3 Å². The van der Waals surface area contributed by atoms with Crippen LogP contribution in [0.5, 0.6) is 5.75 Å². The summed E-state index contributed by atoms with van der Waals surface area (Å²) < 4.78 is 5.59. The van der Waals surface area contributed by atoms with E-state index >= 15 is 0 Å². The summed E-state index contributed by atoms with van der Waals surface area (Å²) >= 11 is 11.0. The van der Waals surface area contributed by atoms with E-state index in [0.717, 1.165) is 5.56 Å². The molecule has 108 valence electrons. The predicted octanol–water partition coefficient (Wildman–Crippen LogP) is 3.25. The van der Waals surface area contributed by atoms with E-state index in [0.29, 0.717) is 16.3 Å². The average Bonchev–Trinajstić information content (AvgIpc) is 2.46. The first-order valence-corrected chi connectivity index (χ1v) is 6.80. The Labute approximate surface area is 132 Å². The zero-order chi connectivity index (χ0) is 15.4. The highest BCUT2D eigenvalue weighted by atomic mass is 35.5. The molecule has 0 aliphatic rings. The van der Waals surface area contributed by atoms with Crippen LogP contribution in [-0.4, -0.2) is 16.1 Å². The lowest BCUT2D eigenvalue weighted by atomic mass is 10.1. The van der Waals surface area contributed by atoms with E-state index in [9.17, 15) is 4.79 Å². The zero-order valence-electron chi connectivity index (χ0n) is 10.9. The lowest BCUT2D eigenvalue weighted by Crippen LogP contribution is -2.09. The summed E-state index contributed by atoms with van der Waals surface area (Å²) in [7, 11) is 0. The van der Waals surface area contributed by atoms with Crippen molar-refractivity contribution in [3.63, 3.8) is 0 Å². The average molecular weight is 322 g/mol. The van der Waals surface area contributed by atoms with E-state index in [2.05, 4.69) is 0 Å². The molecule has 0 aliphatic heterocycles. The maximum absolute atomic E-state index is 10.8. The summed E-state index contributed by atoms with van der Waals surface area (Å²) in [6, 6.07) is 11.5. The molecular weight excluding hydrogens is 310 g/mol. The second-order valence-electron chi connectivity index (χ2n) is 4.30. The van der Waals surface area contributed by atoms with Crippen LogP contribution in [0.4, 0.5) is 0 Å². The Balaban J connectivity index is 2.06. The van der Waals surface area contributed by atoms with Gasteiger partial charge in [-0.3, -0.25) is 0 Å². The smallest absolute Gasteiger partial charge is 0.335 e. The molecular formula is C15H12ClNO3S. The third-order valence-corrected chi connectivity index (χ3v) is 3.34. The van der Waals surface area contributed by atoms with Gasteiger partial charge in [0.1, 0.15) is 17.3 Å². The van der Waals surface area contributed by atoms with Gasteiger partial charge in [0.2, 0.25) is 0 Å². The summed E-state index contributed by atoms with van der Waals surface area (Å²) in [5.74, 6) is -0.446. The van der Waals surface area contributed by atoms with Gasteiger partial charge in [0.05, 0.1) is 10.6 Å². The second-order valence-corrected chi connectivity index (χ2v) is 5.15. The van der Waals surface area contributed by atoms with E-state index < -0.39 is 5.97 Å². The number of ether oxygens (including phenoxy) is 1.